The van der Waals surface area contributed by atoms with Gasteiger partial charge in [-0.3, -0.25) is 13.9 Å². The molecular weight excluding hydrogens is 616 g/mol. The molecule has 0 saturated heterocycles. The number of sulfonamides is 1. The molecule has 0 bridgehead atoms. The molecule has 0 aliphatic rings. The van der Waals surface area contributed by atoms with E-state index in [1.807, 2.05) is 20.8 Å². The van der Waals surface area contributed by atoms with Gasteiger partial charge in [-0.05, 0) is 92.9 Å². The number of hydrogen-bond acceptors (Lipinski definition) is 5. The summed E-state index contributed by atoms with van der Waals surface area (Å²) in [7, 11) is -4.35. The monoisotopic (exact) mass is 651 g/mol. The van der Waals surface area contributed by atoms with Crippen LogP contribution < -0.4 is 14.4 Å². The predicted octanol–water partition coefficient (Wildman–Crippen LogP) is 6.45. The van der Waals surface area contributed by atoms with Crippen LogP contribution in [0.4, 0.5) is 10.1 Å². The minimum Gasteiger partial charge on any atom is -0.494 e. The molecule has 3 aromatic carbocycles. The number of carbonyl (C=O) groups is 2. The van der Waals surface area contributed by atoms with Gasteiger partial charge in [-0.15, -0.1) is 0 Å². The first-order valence-electron chi connectivity index (χ1n) is 14.0. The number of carbonyl (C=O) groups excluding carboxylic acids is 2. The first kappa shape index (κ1) is 34.2. The Morgan fingerprint density at radius 1 is 0.930 bits per heavy atom. The minimum atomic E-state index is -4.35. The molecule has 0 radical (unpaired) electrons. The summed E-state index contributed by atoms with van der Waals surface area (Å²) in [5.74, 6) is -1.07. The highest BCUT2D eigenvalue weighted by atomic mass is 35.5. The second-order valence-corrected chi connectivity index (χ2v) is 12.6. The zero-order chi connectivity index (χ0) is 31.7. The van der Waals surface area contributed by atoms with Crippen LogP contribution in [0.2, 0.25) is 10.0 Å². The molecule has 2 amide bonds. The molecular formula is C31H36Cl2FN3O5S. The van der Waals surface area contributed by atoms with Gasteiger partial charge >= 0.3 is 0 Å². The van der Waals surface area contributed by atoms with Crippen LogP contribution in [0.3, 0.4) is 0 Å². The van der Waals surface area contributed by atoms with Crippen LogP contribution in [0.5, 0.6) is 5.75 Å². The molecule has 0 spiro atoms. The molecule has 0 aliphatic carbocycles. The van der Waals surface area contributed by atoms with Crippen molar-refractivity contribution in [3.05, 3.63) is 88.2 Å². The molecule has 0 aromatic heterocycles. The lowest BCUT2D eigenvalue weighted by atomic mass is 10.1. The summed E-state index contributed by atoms with van der Waals surface area (Å²) in [6.07, 6.45) is 0.952. The summed E-state index contributed by atoms with van der Waals surface area (Å²) in [6.45, 7) is 7.13. The Morgan fingerprint density at radius 2 is 1.58 bits per heavy atom. The zero-order valence-electron chi connectivity index (χ0n) is 24.5. The summed E-state index contributed by atoms with van der Waals surface area (Å²) in [5.41, 5.74) is 0.791. The van der Waals surface area contributed by atoms with Gasteiger partial charge in [0, 0.05) is 12.6 Å². The molecule has 8 nitrogen and oxygen atoms in total. The number of hydrogen-bond donors (Lipinski definition) is 1. The van der Waals surface area contributed by atoms with E-state index in [1.165, 1.54) is 17.0 Å². The fourth-order valence-corrected chi connectivity index (χ4v) is 6.07. The standard InChI is InChI=1S/C31H36Cl2FN3O5S/c1-5-21(4)35-31(39)29(6-2)36(19-22-8-17-27(32)28(33)18-22)30(38)20-37(24-11-13-25(14-12-24)42-7-3)43(40,41)26-15-9-23(34)10-16-26/h8-18,21,29H,5-7,19-20H2,1-4H3,(H,35,39)/t21-,29-/m0/s1. The van der Waals surface area contributed by atoms with Crippen molar-refractivity contribution in [1.82, 2.24) is 10.2 Å². The van der Waals surface area contributed by atoms with E-state index in [2.05, 4.69) is 5.32 Å². The second-order valence-electron chi connectivity index (χ2n) is 9.90. The summed E-state index contributed by atoms with van der Waals surface area (Å²) in [4.78, 5) is 28.7. The molecule has 3 rings (SSSR count). The molecule has 43 heavy (non-hydrogen) atoms. The van der Waals surface area contributed by atoms with Crippen LogP contribution >= 0.6 is 23.2 Å². The summed E-state index contributed by atoms with van der Waals surface area (Å²) in [5, 5.41) is 3.53. The van der Waals surface area contributed by atoms with Crippen molar-refractivity contribution in [3.8, 4) is 5.75 Å². The average molecular weight is 653 g/mol. The molecule has 2 atom stereocenters. The van der Waals surface area contributed by atoms with Gasteiger partial charge in [0.1, 0.15) is 24.2 Å². The van der Waals surface area contributed by atoms with Gasteiger partial charge in [-0.25, -0.2) is 12.8 Å². The van der Waals surface area contributed by atoms with E-state index in [1.54, 1.807) is 37.3 Å². The molecule has 0 aliphatic heterocycles. The van der Waals surface area contributed by atoms with E-state index >= 15 is 0 Å². The summed E-state index contributed by atoms with van der Waals surface area (Å²) < 4.78 is 47.9. The number of nitrogens with zero attached hydrogens (tertiary/aromatic N) is 2. The van der Waals surface area contributed by atoms with Gasteiger partial charge in [0.2, 0.25) is 11.8 Å². The quantitative estimate of drug-likeness (QED) is 0.216. The van der Waals surface area contributed by atoms with Crippen molar-refractivity contribution >= 4 is 50.7 Å². The maximum Gasteiger partial charge on any atom is 0.264 e. The van der Waals surface area contributed by atoms with Crippen molar-refractivity contribution < 1.29 is 27.1 Å². The third-order valence-electron chi connectivity index (χ3n) is 6.84. The lowest BCUT2D eigenvalue weighted by Gasteiger charge is -2.33. The lowest BCUT2D eigenvalue weighted by Crippen LogP contribution is -2.53. The van der Waals surface area contributed by atoms with Gasteiger partial charge in [0.25, 0.3) is 10.0 Å². The second kappa shape index (κ2) is 15.4. The highest BCUT2D eigenvalue weighted by Gasteiger charge is 2.34. The highest BCUT2D eigenvalue weighted by molar-refractivity contribution is 7.92. The van der Waals surface area contributed by atoms with Crippen LogP contribution in [-0.2, 0) is 26.2 Å². The van der Waals surface area contributed by atoms with Crippen LogP contribution in [0.15, 0.2) is 71.6 Å². The Kier molecular flexibility index (Phi) is 12.2. The Labute approximate surface area is 262 Å². The SMILES string of the molecule is CCOc1ccc(N(CC(=O)N(Cc2ccc(Cl)c(Cl)c2)[C@@H](CC)C(=O)N[C@@H](C)CC)S(=O)(=O)c2ccc(F)cc2)cc1. The van der Waals surface area contributed by atoms with Crippen molar-refractivity contribution in [2.24, 2.45) is 0 Å². The van der Waals surface area contributed by atoms with Crippen LogP contribution in [-0.4, -0.2) is 50.4 Å². The number of nitrogens with one attached hydrogen (secondary N) is 1. The molecule has 0 heterocycles. The smallest absolute Gasteiger partial charge is 0.264 e. The molecule has 3 aromatic rings. The largest absolute Gasteiger partial charge is 0.494 e. The van der Waals surface area contributed by atoms with Crippen LogP contribution in [0.1, 0.15) is 46.1 Å². The van der Waals surface area contributed by atoms with E-state index in [0.717, 1.165) is 28.6 Å². The Bertz CT molecular complexity index is 1500. The number of benzene rings is 3. The average Bonchev–Trinajstić information content (AvgIpc) is 2.98. The number of anilines is 1. The van der Waals surface area contributed by atoms with E-state index in [0.29, 0.717) is 29.4 Å². The van der Waals surface area contributed by atoms with E-state index in [-0.39, 0.29) is 40.5 Å². The fraction of sp³-hybridized carbons (Fsp3) is 0.355. The maximum absolute atomic E-state index is 14.1. The molecule has 0 fully saturated rings. The van der Waals surface area contributed by atoms with Gasteiger partial charge in [-0.2, -0.15) is 0 Å². The third kappa shape index (κ3) is 8.84. The maximum atomic E-state index is 14.1. The van der Waals surface area contributed by atoms with Crippen molar-refractivity contribution in [2.45, 2.75) is 64.1 Å². The van der Waals surface area contributed by atoms with Gasteiger partial charge in [0.05, 0.1) is 27.2 Å². The van der Waals surface area contributed by atoms with Crippen LogP contribution in [0, 0.1) is 5.82 Å². The predicted molar refractivity (Wildman–Crippen MR) is 168 cm³/mol. The number of ether oxygens (including phenoxy) is 1. The van der Waals surface area contributed by atoms with E-state index in [9.17, 15) is 22.4 Å². The third-order valence-corrected chi connectivity index (χ3v) is 9.37. The van der Waals surface area contributed by atoms with Crippen molar-refractivity contribution in [1.29, 1.82) is 0 Å². The Hall–Kier alpha value is -3.34. The van der Waals surface area contributed by atoms with E-state index < -0.39 is 34.3 Å². The van der Waals surface area contributed by atoms with Gasteiger partial charge in [-0.1, -0.05) is 43.1 Å². The number of halogens is 3. The number of amides is 2. The van der Waals surface area contributed by atoms with E-state index in [4.69, 9.17) is 27.9 Å². The topological polar surface area (TPSA) is 96.0 Å². The van der Waals surface area contributed by atoms with Crippen molar-refractivity contribution in [3.63, 3.8) is 0 Å². The fourth-order valence-electron chi connectivity index (χ4n) is 4.33. The molecule has 12 heteroatoms. The van der Waals surface area contributed by atoms with Gasteiger partial charge in [0.15, 0.2) is 0 Å². The first-order valence-corrected chi connectivity index (χ1v) is 16.2. The normalized spacial score (nSPS) is 12.7. The highest BCUT2D eigenvalue weighted by Crippen LogP contribution is 2.28. The number of rotatable bonds is 14. The Morgan fingerprint density at radius 3 is 2.14 bits per heavy atom. The molecule has 232 valence electrons. The first-order chi connectivity index (χ1) is 20.4. The minimum absolute atomic E-state index is 0.0319. The van der Waals surface area contributed by atoms with Gasteiger partial charge < -0.3 is 15.0 Å². The molecule has 0 saturated carbocycles. The Balaban J connectivity index is 2.08. The lowest BCUT2D eigenvalue weighted by molar-refractivity contribution is -0.140. The molecule has 0 unspecified atom stereocenters. The zero-order valence-corrected chi connectivity index (χ0v) is 26.8. The summed E-state index contributed by atoms with van der Waals surface area (Å²) in [6, 6.07) is 14.4. The van der Waals surface area contributed by atoms with Crippen LogP contribution in [0.25, 0.3) is 0 Å². The summed E-state index contributed by atoms with van der Waals surface area (Å²) >= 11 is 12.3. The van der Waals surface area contributed by atoms with Crippen molar-refractivity contribution in [2.75, 3.05) is 17.5 Å². The molecule has 1 N–H and O–H groups in total.